The molecule has 0 spiro atoms. The van der Waals surface area contributed by atoms with Gasteiger partial charge < -0.3 is 4.90 Å². The molecule has 1 heterocycles. The molecule has 0 aromatic heterocycles. The van der Waals surface area contributed by atoms with E-state index in [0.717, 1.165) is 49.8 Å². The van der Waals surface area contributed by atoms with E-state index < -0.39 is 10.0 Å². The third kappa shape index (κ3) is 3.84. The van der Waals surface area contributed by atoms with Crippen LogP contribution in [0.15, 0.2) is 32.0 Å². The Labute approximate surface area is 155 Å². The van der Waals surface area contributed by atoms with Crippen LogP contribution >= 0.6 is 31.9 Å². The molecular formula is C16H22Br2N2O2S. The van der Waals surface area contributed by atoms with E-state index in [0.29, 0.717) is 9.37 Å². The molecule has 0 amide bonds. The van der Waals surface area contributed by atoms with Gasteiger partial charge in [0, 0.05) is 21.0 Å². The molecule has 2 aliphatic rings. The van der Waals surface area contributed by atoms with E-state index in [1.165, 1.54) is 0 Å². The standard InChI is InChI=1S/C16H22Br2N2O2S/c1-2-19-9-7-14(8-10-19)20(13-4-5-13)23(21,22)16-11-12(17)3-6-15(16)18/h3,6,11,13-14H,2,4-5,7-10H2,1H3. The van der Waals surface area contributed by atoms with Crippen LogP contribution < -0.4 is 0 Å². The summed E-state index contributed by atoms with van der Waals surface area (Å²) in [7, 11) is -3.48. The lowest BCUT2D eigenvalue weighted by atomic mass is 10.1. The van der Waals surface area contributed by atoms with Gasteiger partial charge in [-0.25, -0.2) is 8.42 Å². The van der Waals surface area contributed by atoms with Gasteiger partial charge in [0.2, 0.25) is 10.0 Å². The third-order valence-electron chi connectivity index (χ3n) is 4.72. The molecule has 2 fully saturated rings. The van der Waals surface area contributed by atoms with Crippen LogP contribution in [0.5, 0.6) is 0 Å². The number of rotatable bonds is 5. The van der Waals surface area contributed by atoms with Crippen molar-refractivity contribution in [3.63, 3.8) is 0 Å². The minimum atomic E-state index is -3.48. The highest BCUT2D eigenvalue weighted by molar-refractivity contribution is 9.11. The molecule has 4 nitrogen and oxygen atoms in total. The molecule has 3 rings (SSSR count). The summed E-state index contributed by atoms with van der Waals surface area (Å²) in [6.07, 6.45) is 3.82. The Morgan fingerprint density at radius 2 is 1.74 bits per heavy atom. The van der Waals surface area contributed by atoms with Crippen molar-refractivity contribution in [3.05, 3.63) is 27.1 Å². The molecular weight excluding hydrogens is 444 g/mol. The van der Waals surface area contributed by atoms with Crippen LogP contribution in [-0.2, 0) is 10.0 Å². The molecule has 1 aliphatic heterocycles. The van der Waals surface area contributed by atoms with Gasteiger partial charge in [-0.2, -0.15) is 4.31 Å². The average molecular weight is 466 g/mol. The van der Waals surface area contributed by atoms with E-state index in [1.54, 1.807) is 12.1 Å². The summed E-state index contributed by atoms with van der Waals surface area (Å²) in [6.45, 7) is 5.17. The van der Waals surface area contributed by atoms with E-state index in [9.17, 15) is 8.42 Å². The van der Waals surface area contributed by atoms with Gasteiger partial charge >= 0.3 is 0 Å². The van der Waals surface area contributed by atoms with Crippen molar-refractivity contribution in [1.29, 1.82) is 0 Å². The maximum atomic E-state index is 13.3. The summed E-state index contributed by atoms with van der Waals surface area (Å²) in [5, 5.41) is 0. The number of halogens is 2. The summed E-state index contributed by atoms with van der Waals surface area (Å²) in [5.74, 6) is 0. The van der Waals surface area contributed by atoms with Crippen LogP contribution in [0.4, 0.5) is 0 Å². The van der Waals surface area contributed by atoms with Gasteiger partial charge in [-0.1, -0.05) is 22.9 Å². The van der Waals surface area contributed by atoms with Gasteiger partial charge in [-0.15, -0.1) is 0 Å². The molecule has 1 saturated heterocycles. The van der Waals surface area contributed by atoms with Crippen molar-refractivity contribution in [1.82, 2.24) is 9.21 Å². The smallest absolute Gasteiger partial charge is 0.244 e. The number of hydrogen-bond donors (Lipinski definition) is 0. The predicted octanol–water partition coefficient (Wildman–Crippen LogP) is 3.85. The largest absolute Gasteiger partial charge is 0.303 e. The predicted molar refractivity (Wildman–Crippen MR) is 99.0 cm³/mol. The topological polar surface area (TPSA) is 40.6 Å². The van der Waals surface area contributed by atoms with Crippen LogP contribution in [0.2, 0.25) is 0 Å². The minimum absolute atomic E-state index is 0.126. The fourth-order valence-corrected chi connectivity index (χ4v) is 6.70. The van der Waals surface area contributed by atoms with E-state index >= 15 is 0 Å². The van der Waals surface area contributed by atoms with Crippen LogP contribution in [0.25, 0.3) is 0 Å². The second-order valence-electron chi connectivity index (χ2n) is 6.31. The zero-order valence-corrected chi connectivity index (χ0v) is 17.2. The van der Waals surface area contributed by atoms with Crippen molar-refractivity contribution in [3.8, 4) is 0 Å². The molecule has 1 aromatic carbocycles. The summed E-state index contributed by atoms with van der Waals surface area (Å²) >= 11 is 6.81. The molecule has 0 N–H and O–H groups in total. The van der Waals surface area contributed by atoms with E-state index in [-0.39, 0.29) is 12.1 Å². The third-order valence-corrected chi connectivity index (χ3v) is 8.21. The first-order valence-electron chi connectivity index (χ1n) is 8.14. The van der Waals surface area contributed by atoms with Gasteiger partial charge in [-0.3, -0.25) is 0 Å². The molecule has 1 saturated carbocycles. The number of sulfonamides is 1. The van der Waals surface area contributed by atoms with Crippen molar-refractivity contribution >= 4 is 41.9 Å². The van der Waals surface area contributed by atoms with Gasteiger partial charge in [0.25, 0.3) is 0 Å². The fraction of sp³-hybridized carbons (Fsp3) is 0.625. The summed E-state index contributed by atoms with van der Waals surface area (Å²) < 4.78 is 29.8. The summed E-state index contributed by atoms with van der Waals surface area (Å²) in [6, 6.07) is 5.66. The Kier molecular flexibility index (Phi) is 5.53. The first-order valence-corrected chi connectivity index (χ1v) is 11.2. The Balaban J connectivity index is 1.90. The van der Waals surface area contributed by atoms with Gasteiger partial charge in [0.1, 0.15) is 0 Å². The number of hydrogen-bond acceptors (Lipinski definition) is 3. The van der Waals surface area contributed by atoms with Crippen LogP contribution in [0.1, 0.15) is 32.6 Å². The van der Waals surface area contributed by atoms with E-state index in [2.05, 4.69) is 43.7 Å². The number of piperidine rings is 1. The number of likely N-dealkylation sites (tertiary alicyclic amines) is 1. The zero-order chi connectivity index (χ0) is 16.6. The number of benzene rings is 1. The van der Waals surface area contributed by atoms with E-state index in [1.807, 2.05) is 10.4 Å². The SMILES string of the molecule is CCN1CCC(N(C2CC2)S(=O)(=O)c2cc(Br)ccc2Br)CC1. The van der Waals surface area contributed by atoms with Gasteiger partial charge in [0.15, 0.2) is 0 Å². The van der Waals surface area contributed by atoms with Gasteiger partial charge in [0.05, 0.1) is 4.90 Å². The maximum absolute atomic E-state index is 13.3. The van der Waals surface area contributed by atoms with Crippen molar-refractivity contribution < 1.29 is 8.42 Å². The van der Waals surface area contributed by atoms with Crippen molar-refractivity contribution in [2.24, 2.45) is 0 Å². The van der Waals surface area contributed by atoms with Crippen molar-refractivity contribution in [2.45, 2.75) is 49.6 Å². The number of nitrogens with zero attached hydrogens (tertiary/aromatic N) is 2. The average Bonchev–Trinajstić information content (AvgIpc) is 3.35. The quantitative estimate of drug-likeness (QED) is 0.663. The molecule has 23 heavy (non-hydrogen) atoms. The highest BCUT2D eigenvalue weighted by Crippen LogP contribution is 2.38. The molecule has 1 aromatic rings. The van der Waals surface area contributed by atoms with Crippen molar-refractivity contribution in [2.75, 3.05) is 19.6 Å². The summed E-state index contributed by atoms with van der Waals surface area (Å²) in [5.41, 5.74) is 0. The van der Waals surface area contributed by atoms with E-state index in [4.69, 9.17) is 0 Å². The monoisotopic (exact) mass is 464 g/mol. The highest BCUT2D eigenvalue weighted by atomic mass is 79.9. The molecule has 128 valence electrons. The highest BCUT2D eigenvalue weighted by Gasteiger charge is 2.43. The molecule has 0 radical (unpaired) electrons. The second-order valence-corrected chi connectivity index (χ2v) is 9.89. The lowest BCUT2D eigenvalue weighted by molar-refractivity contribution is 0.161. The zero-order valence-electron chi connectivity index (χ0n) is 13.2. The van der Waals surface area contributed by atoms with Crippen LogP contribution in [-0.4, -0.2) is 49.3 Å². The minimum Gasteiger partial charge on any atom is -0.303 e. The first-order chi connectivity index (χ1) is 10.9. The molecule has 7 heteroatoms. The molecule has 1 aliphatic carbocycles. The molecule has 0 atom stereocenters. The normalized spacial score (nSPS) is 21.0. The van der Waals surface area contributed by atoms with Crippen LogP contribution in [0.3, 0.4) is 0 Å². The second kappa shape index (κ2) is 7.12. The Hall–Kier alpha value is 0.0500. The molecule has 0 unspecified atom stereocenters. The Bertz CT molecular complexity index is 669. The lowest BCUT2D eigenvalue weighted by Crippen LogP contribution is -2.48. The Morgan fingerprint density at radius 1 is 1.13 bits per heavy atom. The lowest BCUT2D eigenvalue weighted by Gasteiger charge is -2.37. The first kappa shape index (κ1) is 17.9. The van der Waals surface area contributed by atoms with Gasteiger partial charge in [-0.05, 0) is 79.4 Å². The maximum Gasteiger partial charge on any atom is 0.244 e. The Morgan fingerprint density at radius 3 is 2.30 bits per heavy atom. The molecule has 0 bridgehead atoms. The fourth-order valence-electron chi connectivity index (χ4n) is 3.30. The van der Waals surface area contributed by atoms with Crippen LogP contribution in [0, 0.1) is 0 Å². The summed E-state index contributed by atoms with van der Waals surface area (Å²) in [4.78, 5) is 2.76.